The fraction of sp³-hybridized carbons (Fsp3) is 0.700. The molecule has 0 aliphatic rings. The van der Waals surface area contributed by atoms with Crippen LogP contribution in [0.5, 0.6) is 0 Å². The standard InChI is InChI=1S/C10H19N3O3S/c1-6-11-17(14,15)13-9-7(2)8(16-12-9)10(3,4)5/h11H,6H2,1-5H3,(H,12,13). The van der Waals surface area contributed by atoms with Gasteiger partial charge in [0, 0.05) is 17.5 Å². The molecule has 2 N–H and O–H groups in total. The number of nitrogens with zero attached hydrogens (tertiary/aromatic N) is 1. The summed E-state index contributed by atoms with van der Waals surface area (Å²) >= 11 is 0. The van der Waals surface area contributed by atoms with Crippen molar-refractivity contribution < 1.29 is 12.9 Å². The molecule has 0 atom stereocenters. The summed E-state index contributed by atoms with van der Waals surface area (Å²) in [6, 6.07) is 0. The topological polar surface area (TPSA) is 84.2 Å². The number of aromatic nitrogens is 1. The van der Waals surface area contributed by atoms with Gasteiger partial charge in [0.05, 0.1) is 0 Å². The van der Waals surface area contributed by atoms with Crippen LogP contribution in [0.3, 0.4) is 0 Å². The van der Waals surface area contributed by atoms with Gasteiger partial charge < -0.3 is 4.52 Å². The van der Waals surface area contributed by atoms with Gasteiger partial charge in [0.2, 0.25) is 0 Å². The highest BCUT2D eigenvalue weighted by molar-refractivity contribution is 7.90. The zero-order valence-corrected chi connectivity index (χ0v) is 11.6. The van der Waals surface area contributed by atoms with Gasteiger partial charge in [0.25, 0.3) is 10.2 Å². The number of nitrogens with one attached hydrogen (secondary N) is 2. The summed E-state index contributed by atoms with van der Waals surface area (Å²) < 4.78 is 32.9. The Morgan fingerprint density at radius 1 is 1.35 bits per heavy atom. The van der Waals surface area contributed by atoms with E-state index in [9.17, 15) is 8.42 Å². The molecular formula is C10H19N3O3S. The summed E-state index contributed by atoms with van der Waals surface area (Å²) in [5.74, 6) is 0.905. The van der Waals surface area contributed by atoms with Gasteiger partial charge in [0.15, 0.2) is 5.82 Å². The summed E-state index contributed by atoms with van der Waals surface area (Å²) in [4.78, 5) is 0. The fourth-order valence-electron chi connectivity index (χ4n) is 1.48. The molecule has 0 amide bonds. The number of hydrogen-bond acceptors (Lipinski definition) is 4. The highest BCUT2D eigenvalue weighted by atomic mass is 32.2. The molecule has 1 aromatic rings. The quantitative estimate of drug-likeness (QED) is 0.861. The molecular weight excluding hydrogens is 242 g/mol. The van der Waals surface area contributed by atoms with Gasteiger partial charge in [-0.05, 0) is 6.92 Å². The fourth-order valence-corrected chi connectivity index (χ4v) is 2.38. The molecule has 0 aliphatic carbocycles. The van der Waals surface area contributed by atoms with Crippen molar-refractivity contribution in [3.05, 3.63) is 11.3 Å². The summed E-state index contributed by atoms with van der Waals surface area (Å²) in [7, 11) is -3.56. The average molecular weight is 261 g/mol. The van der Waals surface area contributed by atoms with Crippen molar-refractivity contribution in [1.29, 1.82) is 0 Å². The molecule has 0 saturated carbocycles. The molecule has 0 bridgehead atoms. The highest BCUT2D eigenvalue weighted by Gasteiger charge is 2.25. The second-order valence-electron chi connectivity index (χ2n) is 4.84. The molecule has 0 aromatic carbocycles. The van der Waals surface area contributed by atoms with Crippen LogP contribution in [0, 0.1) is 6.92 Å². The van der Waals surface area contributed by atoms with E-state index in [2.05, 4.69) is 14.6 Å². The Morgan fingerprint density at radius 3 is 2.35 bits per heavy atom. The molecule has 0 unspecified atom stereocenters. The molecule has 0 aliphatic heterocycles. The normalized spacial score (nSPS) is 12.8. The van der Waals surface area contributed by atoms with Crippen LogP contribution < -0.4 is 9.44 Å². The Hall–Kier alpha value is -1.08. The summed E-state index contributed by atoms with van der Waals surface area (Å²) in [6.45, 7) is 9.73. The van der Waals surface area contributed by atoms with Crippen LogP contribution in [-0.2, 0) is 15.6 Å². The lowest BCUT2D eigenvalue weighted by atomic mass is 9.91. The third kappa shape index (κ3) is 3.44. The summed E-state index contributed by atoms with van der Waals surface area (Å²) in [5.41, 5.74) is 0.498. The van der Waals surface area contributed by atoms with Gasteiger partial charge in [-0.15, -0.1) is 0 Å². The molecule has 0 saturated heterocycles. The van der Waals surface area contributed by atoms with Crippen molar-refractivity contribution in [2.24, 2.45) is 0 Å². The lowest BCUT2D eigenvalue weighted by Gasteiger charge is -2.14. The third-order valence-corrected chi connectivity index (χ3v) is 3.30. The molecule has 7 heteroatoms. The molecule has 1 heterocycles. The lowest BCUT2D eigenvalue weighted by Crippen LogP contribution is -2.30. The van der Waals surface area contributed by atoms with E-state index >= 15 is 0 Å². The molecule has 0 radical (unpaired) electrons. The van der Waals surface area contributed by atoms with Gasteiger partial charge in [0.1, 0.15) is 5.76 Å². The van der Waals surface area contributed by atoms with Gasteiger partial charge in [-0.1, -0.05) is 32.9 Å². The van der Waals surface area contributed by atoms with Gasteiger partial charge >= 0.3 is 0 Å². The predicted molar refractivity (Wildman–Crippen MR) is 66.2 cm³/mol. The highest BCUT2D eigenvalue weighted by Crippen LogP contribution is 2.29. The first-order chi connectivity index (χ1) is 7.67. The Balaban J connectivity index is 3.00. The van der Waals surface area contributed by atoms with Crippen molar-refractivity contribution in [3.63, 3.8) is 0 Å². The van der Waals surface area contributed by atoms with Crippen LogP contribution in [0.4, 0.5) is 5.82 Å². The Labute approximate surface area is 102 Å². The Bertz CT molecular complexity index is 485. The number of hydrogen-bond donors (Lipinski definition) is 2. The van der Waals surface area contributed by atoms with E-state index in [1.807, 2.05) is 20.8 Å². The van der Waals surface area contributed by atoms with Crippen molar-refractivity contribution in [2.45, 2.75) is 40.0 Å². The Morgan fingerprint density at radius 2 is 1.94 bits per heavy atom. The summed E-state index contributed by atoms with van der Waals surface area (Å²) in [5, 5.41) is 3.74. The van der Waals surface area contributed by atoms with Crippen molar-refractivity contribution in [3.8, 4) is 0 Å². The first-order valence-electron chi connectivity index (χ1n) is 5.41. The van der Waals surface area contributed by atoms with Crippen LogP contribution in [0.15, 0.2) is 4.52 Å². The van der Waals surface area contributed by atoms with Gasteiger partial charge in [-0.3, -0.25) is 4.72 Å². The maximum Gasteiger partial charge on any atom is 0.300 e. The van der Waals surface area contributed by atoms with E-state index in [1.165, 1.54) is 0 Å². The minimum atomic E-state index is -3.56. The number of anilines is 1. The largest absolute Gasteiger partial charge is 0.358 e. The number of rotatable bonds is 4. The van der Waals surface area contributed by atoms with Crippen molar-refractivity contribution in [1.82, 2.24) is 9.88 Å². The molecule has 98 valence electrons. The zero-order valence-electron chi connectivity index (χ0n) is 10.8. The predicted octanol–water partition coefficient (Wildman–Crippen LogP) is 1.55. The third-order valence-electron chi connectivity index (χ3n) is 2.17. The van der Waals surface area contributed by atoms with Crippen molar-refractivity contribution in [2.75, 3.05) is 11.3 Å². The van der Waals surface area contributed by atoms with Gasteiger partial charge in [-0.25, -0.2) is 0 Å². The second-order valence-corrected chi connectivity index (χ2v) is 6.34. The van der Waals surface area contributed by atoms with E-state index in [-0.39, 0.29) is 11.2 Å². The second kappa shape index (κ2) is 4.66. The lowest BCUT2D eigenvalue weighted by molar-refractivity contribution is 0.329. The molecule has 17 heavy (non-hydrogen) atoms. The SMILES string of the molecule is CCNS(=O)(=O)Nc1noc(C(C)(C)C)c1C. The van der Waals surface area contributed by atoms with Crippen LogP contribution in [0.2, 0.25) is 0 Å². The maximum atomic E-state index is 11.5. The zero-order chi connectivity index (χ0) is 13.3. The first kappa shape index (κ1) is 14.0. The molecule has 0 fully saturated rings. The molecule has 0 spiro atoms. The smallest absolute Gasteiger partial charge is 0.300 e. The van der Waals surface area contributed by atoms with Gasteiger partial charge in [-0.2, -0.15) is 13.1 Å². The average Bonchev–Trinajstić information content (AvgIpc) is 2.46. The maximum absolute atomic E-state index is 11.5. The van der Waals surface area contributed by atoms with Crippen LogP contribution >= 0.6 is 0 Å². The monoisotopic (exact) mass is 261 g/mol. The van der Waals surface area contributed by atoms with Crippen LogP contribution in [0.25, 0.3) is 0 Å². The Kier molecular flexibility index (Phi) is 3.83. The summed E-state index contributed by atoms with van der Waals surface area (Å²) in [6.07, 6.45) is 0. The van der Waals surface area contributed by atoms with Crippen molar-refractivity contribution >= 4 is 16.0 Å². The van der Waals surface area contributed by atoms with E-state index < -0.39 is 10.2 Å². The van der Waals surface area contributed by atoms with E-state index in [1.54, 1.807) is 13.8 Å². The molecule has 6 nitrogen and oxygen atoms in total. The minimum Gasteiger partial charge on any atom is -0.358 e. The van der Waals surface area contributed by atoms with E-state index in [4.69, 9.17) is 4.52 Å². The first-order valence-corrected chi connectivity index (χ1v) is 6.90. The molecule has 1 aromatic heterocycles. The van der Waals surface area contributed by atoms with Crippen LogP contribution in [0.1, 0.15) is 39.0 Å². The minimum absolute atomic E-state index is 0.209. The van der Waals surface area contributed by atoms with Crippen LogP contribution in [-0.4, -0.2) is 20.1 Å². The van der Waals surface area contributed by atoms with E-state index in [0.717, 1.165) is 0 Å². The van der Waals surface area contributed by atoms with E-state index in [0.29, 0.717) is 17.9 Å². The molecule has 1 rings (SSSR count).